The van der Waals surface area contributed by atoms with Crippen LogP contribution in [-0.2, 0) is 0 Å². The van der Waals surface area contributed by atoms with E-state index in [9.17, 15) is 5.11 Å². The molecule has 2 atom stereocenters. The molecule has 118 valence electrons. The lowest BCUT2D eigenvalue weighted by atomic mass is 9.96. The van der Waals surface area contributed by atoms with Gasteiger partial charge in [-0.15, -0.1) is 0 Å². The van der Waals surface area contributed by atoms with Crippen molar-refractivity contribution in [1.82, 2.24) is 10.2 Å². The Balaban J connectivity index is 1.72. The van der Waals surface area contributed by atoms with Crippen LogP contribution in [0.15, 0.2) is 24.3 Å². The molecular weight excluding hydrogens is 284 g/mol. The first kappa shape index (κ1) is 16.8. The van der Waals surface area contributed by atoms with Gasteiger partial charge in [-0.3, -0.25) is 0 Å². The molecular formula is C17H27ClN2O. The van der Waals surface area contributed by atoms with Gasteiger partial charge in [0.25, 0.3) is 0 Å². The Hall–Kier alpha value is -0.610. The van der Waals surface area contributed by atoms with E-state index in [0.717, 1.165) is 37.1 Å². The van der Waals surface area contributed by atoms with Crippen LogP contribution in [0.1, 0.15) is 38.3 Å². The van der Waals surface area contributed by atoms with Gasteiger partial charge in [0.15, 0.2) is 0 Å². The Morgan fingerprint density at radius 3 is 2.67 bits per heavy atom. The maximum atomic E-state index is 9.43. The van der Waals surface area contributed by atoms with Crippen LogP contribution < -0.4 is 5.32 Å². The fourth-order valence-corrected chi connectivity index (χ4v) is 3.18. The highest BCUT2D eigenvalue weighted by Crippen LogP contribution is 2.20. The highest BCUT2D eigenvalue weighted by atomic mass is 35.5. The normalized spacial score (nSPS) is 20.4. The van der Waals surface area contributed by atoms with E-state index < -0.39 is 0 Å². The van der Waals surface area contributed by atoms with Gasteiger partial charge in [-0.25, -0.2) is 0 Å². The summed E-state index contributed by atoms with van der Waals surface area (Å²) in [7, 11) is 0. The SMILES string of the molecule is C[C@H](O)CN1CCC(CN[C@@H](C)c2cccc(Cl)c2)CC1. The van der Waals surface area contributed by atoms with E-state index in [1.165, 1.54) is 18.4 Å². The largest absolute Gasteiger partial charge is 0.392 e. The van der Waals surface area contributed by atoms with Gasteiger partial charge in [0, 0.05) is 17.6 Å². The molecule has 0 bridgehead atoms. The molecule has 1 aromatic rings. The molecule has 4 heteroatoms. The van der Waals surface area contributed by atoms with Crippen LogP contribution in [0, 0.1) is 5.92 Å². The number of likely N-dealkylation sites (tertiary alicyclic amines) is 1. The number of halogens is 1. The zero-order chi connectivity index (χ0) is 15.2. The van der Waals surface area contributed by atoms with Crippen LogP contribution in [0.5, 0.6) is 0 Å². The molecule has 0 aliphatic carbocycles. The zero-order valence-electron chi connectivity index (χ0n) is 13.1. The summed E-state index contributed by atoms with van der Waals surface area (Å²) in [6, 6.07) is 8.40. The molecule has 2 N–H and O–H groups in total. The molecule has 1 aliphatic rings. The van der Waals surface area contributed by atoms with Crippen molar-refractivity contribution in [3.05, 3.63) is 34.9 Å². The van der Waals surface area contributed by atoms with Crippen molar-refractivity contribution >= 4 is 11.6 Å². The third kappa shape index (κ3) is 5.59. The summed E-state index contributed by atoms with van der Waals surface area (Å²) in [6.07, 6.45) is 2.20. The van der Waals surface area contributed by atoms with Crippen LogP contribution in [0.4, 0.5) is 0 Å². The van der Waals surface area contributed by atoms with Gasteiger partial charge < -0.3 is 15.3 Å². The topological polar surface area (TPSA) is 35.5 Å². The number of hydrogen-bond donors (Lipinski definition) is 2. The van der Waals surface area contributed by atoms with E-state index in [2.05, 4.69) is 23.2 Å². The summed E-state index contributed by atoms with van der Waals surface area (Å²) in [5, 5.41) is 13.9. The molecule has 1 saturated heterocycles. The molecule has 1 fully saturated rings. The standard InChI is InChI=1S/C17H27ClN2O/c1-13(21)12-20-8-6-15(7-9-20)11-19-14(2)16-4-3-5-17(18)10-16/h3-5,10,13-15,19,21H,6-9,11-12H2,1-2H3/t13-,14-/m0/s1. The minimum atomic E-state index is -0.220. The van der Waals surface area contributed by atoms with Crippen LogP contribution in [0.25, 0.3) is 0 Å². The lowest BCUT2D eigenvalue weighted by Gasteiger charge is -2.33. The van der Waals surface area contributed by atoms with Crippen molar-refractivity contribution in [1.29, 1.82) is 0 Å². The maximum absolute atomic E-state index is 9.43. The molecule has 0 spiro atoms. The van der Waals surface area contributed by atoms with Gasteiger partial charge in [-0.1, -0.05) is 23.7 Å². The van der Waals surface area contributed by atoms with Gasteiger partial charge >= 0.3 is 0 Å². The monoisotopic (exact) mass is 310 g/mol. The second kappa shape index (κ2) is 8.14. The van der Waals surface area contributed by atoms with Gasteiger partial charge in [0.05, 0.1) is 6.10 Å². The third-order valence-corrected chi connectivity index (χ3v) is 4.53. The fourth-order valence-electron chi connectivity index (χ4n) is 2.98. The predicted molar refractivity (Wildman–Crippen MR) is 88.7 cm³/mol. The second-order valence-electron chi connectivity index (χ2n) is 6.28. The summed E-state index contributed by atoms with van der Waals surface area (Å²) >= 11 is 6.04. The molecule has 1 aliphatic heterocycles. The second-order valence-corrected chi connectivity index (χ2v) is 6.71. The first-order valence-corrected chi connectivity index (χ1v) is 8.31. The van der Waals surface area contributed by atoms with Crippen molar-refractivity contribution in [3.63, 3.8) is 0 Å². The first-order valence-electron chi connectivity index (χ1n) is 7.94. The van der Waals surface area contributed by atoms with Crippen molar-refractivity contribution in [2.75, 3.05) is 26.2 Å². The lowest BCUT2D eigenvalue weighted by Crippen LogP contribution is -2.40. The Kier molecular flexibility index (Phi) is 6.49. The van der Waals surface area contributed by atoms with E-state index in [0.29, 0.717) is 6.04 Å². The minimum absolute atomic E-state index is 0.220. The Morgan fingerprint density at radius 2 is 2.05 bits per heavy atom. The number of hydrogen-bond acceptors (Lipinski definition) is 3. The average Bonchev–Trinajstić information content (AvgIpc) is 2.45. The summed E-state index contributed by atoms with van der Waals surface area (Å²) in [6.45, 7) is 8.11. The predicted octanol–water partition coefficient (Wildman–Crippen LogP) is 3.08. The van der Waals surface area contributed by atoms with Gasteiger partial charge in [-0.05, 0) is 69.9 Å². The maximum Gasteiger partial charge on any atom is 0.0639 e. The lowest BCUT2D eigenvalue weighted by molar-refractivity contribution is 0.0994. The number of nitrogens with zero attached hydrogens (tertiary/aromatic N) is 1. The molecule has 0 aromatic heterocycles. The molecule has 21 heavy (non-hydrogen) atoms. The van der Waals surface area contributed by atoms with Crippen LogP contribution in [-0.4, -0.2) is 42.3 Å². The Bertz CT molecular complexity index is 431. The van der Waals surface area contributed by atoms with E-state index in [4.69, 9.17) is 11.6 Å². The smallest absolute Gasteiger partial charge is 0.0639 e. The zero-order valence-corrected chi connectivity index (χ0v) is 13.8. The third-order valence-electron chi connectivity index (χ3n) is 4.29. The molecule has 0 unspecified atom stereocenters. The van der Waals surface area contributed by atoms with Gasteiger partial charge in [0.1, 0.15) is 0 Å². The van der Waals surface area contributed by atoms with Crippen molar-refractivity contribution in [2.45, 2.75) is 38.8 Å². The number of aliphatic hydroxyl groups is 1. The number of β-amino-alcohol motifs (C(OH)–C–C–N with tert-alkyl or cyclic N) is 1. The molecule has 1 heterocycles. The summed E-state index contributed by atoms with van der Waals surface area (Å²) in [4.78, 5) is 2.36. The van der Waals surface area contributed by atoms with Gasteiger partial charge in [-0.2, -0.15) is 0 Å². The first-order chi connectivity index (χ1) is 10.0. The molecule has 2 rings (SSSR count). The fraction of sp³-hybridized carbons (Fsp3) is 0.647. The summed E-state index contributed by atoms with van der Waals surface area (Å²) in [5.41, 5.74) is 1.24. The molecule has 0 saturated carbocycles. The molecule has 0 amide bonds. The quantitative estimate of drug-likeness (QED) is 0.847. The van der Waals surface area contributed by atoms with E-state index >= 15 is 0 Å². The van der Waals surface area contributed by atoms with E-state index in [1.54, 1.807) is 0 Å². The number of nitrogens with one attached hydrogen (secondary N) is 1. The number of benzene rings is 1. The molecule has 3 nitrogen and oxygen atoms in total. The highest BCUT2D eigenvalue weighted by molar-refractivity contribution is 6.30. The number of rotatable bonds is 6. The van der Waals surface area contributed by atoms with E-state index in [1.807, 2.05) is 25.1 Å². The summed E-state index contributed by atoms with van der Waals surface area (Å²) < 4.78 is 0. The molecule has 0 radical (unpaired) electrons. The minimum Gasteiger partial charge on any atom is -0.392 e. The van der Waals surface area contributed by atoms with Crippen molar-refractivity contribution in [3.8, 4) is 0 Å². The average molecular weight is 311 g/mol. The van der Waals surface area contributed by atoms with E-state index in [-0.39, 0.29) is 6.10 Å². The molecule has 1 aromatic carbocycles. The van der Waals surface area contributed by atoms with Crippen LogP contribution in [0.2, 0.25) is 5.02 Å². The van der Waals surface area contributed by atoms with Crippen LogP contribution >= 0.6 is 11.6 Å². The van der Waals surface area contributed by atoms with Crippen molar-refractivity contribution in [2.24, 2.45) is 5.92 Å². The highest BCUT2D eigenvalue weighted by Gasteiger charge is 2.20. The van der Waals surface area contributed by atoms with Gasteiger partial charge in [0.2, 0.25) is 0 Å². The number of aliphatic hydroxyl groups excluding tert-OH is 1. The summed E-state index contributed by atoms with van der Waals surface area (Å²) in [5.74, 6) is 0.733. The number of piperidine rings is 1. The Labute approximate surface area is 133 Å². The Morgan fingerprint density at radius 1 is 1.33 bits per heavy atom. The van der Waals surface area contributed by atoms with Crippen molar-refractivity contribution < 1.29 is 5.11 Å². The van der Waals surface area contributed by atoms with Crippen LogP contribution in [0.3, 0.4) is 0 Å².